The van der Waals surface area contributed by atoms with Gasteiger partial charge < -0.3 is 10.2 Å². The molecular formula is C24H26N2O2S. The summed E-state index contributed by atoms with van der Waals surface area (Å²) in [6.07, 6.45) is 5.03. The van der Waals surface area contributed by atoms with Gasteiger partial charge in [0.1, 0.15) is 5.37 Å². The van der Waals surface area contributed by atoms with Gasteiger partial charge in [-0.25, -0.2) is 0 Å². The van der Waals surface area contributed by atoms with E-state index >= 15 is 0 Å². The van der Waals surface area contributed by atoms with Gasteiger partial charge in [-0.05, 0) is 54.4 Å². The zero-order chi connectivity index (χ0) is 19.8. The Balaban J connectivity index is 1.26. The van der Waals surface area contributed by atoms with Crippen LogP contribution in [0.5, 0.6) is 0 Å². The summed E-state index contributed by atoms with van der Waals surface area (Å²) in [5.74, 6) is 2.20. The van der Waals surface area contributed by atoms with Gasteiger partial charge in [-0.3, -0.25) is 9.59 Å². The molecule has 29 heavy (non-hydrogen) atoms. The monoisotopic (exact) mass is 406 g/mol. The lowest BCUT2D eigenvalue weighted by Crippen LogP contribution is -2.38. The third kappa shape index (κ3) is 3.80. The first-order chi connectivity index (χ1) is 14.2. The van der Waals surface area contributed by atoms with E-state index in [4.69, 9.17) is 0 Å². The molecular weight excluding hydrogens is 380 g/mol. The predicted octanol–water partition coefficient (Wildman–Crippen LogP) is 4.38. The van der Waals surface area contributed by atoms with E-state index in [1.54, 1.807) is 11.8 Å². The molecule has 150 valence electrons. The maximum atomic E-state index is 12.7. The summed E-state index contributed by atoms with van der Waals surface area (Å²) < 4.78 is 0. The number of carbonyl (C=O) groups excluding carboxylic acids is 2. The Morgan fingerprint density at radius 2 is 1.83 bits per heavy atom. The van der Waals surface area contributed by atoms with E-state index in [1.165, 1.54) is 19.3 Å². The highest BCUT2D eigenvalue weighted by Gasteiger charge is 2.40. The SMILES string of the molecule is O=C(N[C@H]1C[C@@H]2CC[C@@H]1C2)c1ccc([C@H]2SCC(=O)N2Cc2ccccc2)cc1. The Kier molecular flexibility index (Phi) is 5.08. The van der Waals surface area contributed by atoms with Crippen LogP contribution in [0.25, 0.3) is 0 Å². The highest BCUT2D eigenvalue weighted by molar-refractivity contribution is 8.00. The van der Waals surface area contributed by atoms with Crippen LogP contribution in [0.2, 0.25) is 0 Å². The summed E-state index contributed by atoms with van der Waals surface area (Å²) in [5.41, 5.74) is 2.92. The van der Waals surface area contributed by atoms with Gasteiger partial charge in [-0.15, -0.1) is 11.8 Å². The van der Waals surface area contributed by atoms with Crippen molar-refractivity contribution in [3.8, 4) is 0 Å². The number of fused-ring (bicyclic) bond motifs is 2. The number of carbonyl (C=O) groups is 2. The lowest BCUT2D eigenvalue weighted by molar-refractivity contribution is -0.128. The van der Waals surface area contributed by atoms with Crippen LogP contribution in [0.3, 0.4) is 0 Å². The fraction of sp³-hybridized carbons (Fsp3) is 0.417. The maximum absolute atomic E-state index is 12.7. The van der Waals surface area contributed by atoms with Gasteiger partial charge in [0.15, 0.2) is 0 Å². The van der Waals surface area contributed by atoms with E-state index < -0.39 is 0 Å². The van der Waals surface area contributed by atoms with Crippen molar-refractivity contribution >= 4 is 23.6 Å². The second-order valence-electron chi connectivity index (χ2n) is 8.55. The molecule has 3 aliphatic rings. The lowest BCUT2D eigenvalue weighted by atomic mass is 9.95. The summed E-state index contributed by atoms with van der Waals surface area (Å²) in [6, 6.07) is 18.3. The molecule has 1 heterocycles. The Hall–Kier alpha value is -2.27. The largest absolute Gasteiger partial charge is 0.349 e. The van der Waals surface area contributed by atoms with Gasteiger partial charge in [0.25, 0.3) is 5.91 Å². The van der Waals surface area contributed by atoms with Crippen molar-refractivity contribution < 1.29 is 9.59 Å². The number of benzene rings is 2. The van der Waals surface area contributed by atoms with Crippen LogP contribution in [0.15, 0.2) is 54.6 Å². The summed E-state index contributed by atoms with van der Waals surface area (Å²) in [5, 5.41) is 3.26. The van der Waals surface area contributed by atoms with E-state index in [0.717, 1.165) is 23.5 Å². The van der Waals surface area contributed by atoms with Gasteiger partial charge in [-0.2, -0.15) is 0 Å². The van der Waals surface area contributed by atoms with E-state index in [1.807, 2.05) is 47.4 Å². The number of rotatable bonds is 5. The van der Waals surface area contributed by atoms with Gasteiger partial charge in [-0.1, -0.05) is 48.9 Å². The van der Waals surface area contributed by atoms with E-state index in [0.29, 0.717) is 29.8 Å². The molecule has 3 fully saturated rings. The lowest BCUT2D eigenvalue weighted by Gasteiger charge is -2.25. The summed E-state index contributed by atoms with van der Waals surface area (Å²) in [4.78, 5) is 27.1. The molecule has 0 spiro atoms. The molecule has 1 aliphatic heterocycles. The number of thioether (sulfide) groups is 1. The van der Waals surface area contributed by atoms with E-state index in [9.17, 15) is 9.59 Å². The van der Waals surface area contributed by atoms with Crippen molar-refractivity contribution in [3.63, 3.8) is 0 Å². The van der Waals surface area contributed by atoms with Crippen molar-refractivity contribution in [2.24, 2.45) is 11.8 Å². The van der Waals surface area contributed by atoms with Crippen molar-refractivity contribution in [3.05, 3.63) is 71.3 Å². The molecule has 5 rings (SSSR count). The normalized spacial score (nSPS) is 28.1. The molecule has 2 bridgehead atoms. The highest BCUT2D eigenvalue weighted by atomic mass is 32.2. The van der Waals surface area contributed by atoms with Crippen LogP contribution in [0.4, 0.5) is 0 Å². The second kappa shape index (κ2) is 7.86. The quantitative estimate of drug-likeness (QED) is 0.802. The van der Waals surface area contributed by atoms with Crippen LogP contribution in [0.1, 0.15) is 52.5 Å². The third-order valence-electron chi connectivity index (χ3n) is 6.68. The number of hydrogen-bond acceptors (Lipinski definition) is 3. The molecule has 4 nitrogen and oxygen atoms in total. The van der Waals surface area contributed by atoms with Gasteiger partial charge >= 0.3 is 0 Å². The first-order valence-electron chi connectivity index (χ1n) is 10.5. The molecule has 4 atom stereocenters. The van der Waals surface area contributed by atoms with Crippen molar-refractivity contribution in [1.29, 1.82) is 0 Å². The van der Waals surface area contributed by atoms with E-state index in [2.05, 4.69) is 17.4 Å². The Labute approximate surface area is 176 Å². The van der Waals surface area contributed by atoms with Gasteiger partial charge in [0, 0.05) is 18.2 Å². The van der Waals surface area contributed by atoms with Crippen LogP contribution in [-0.2, 0) is 11.3 Å². The number of nitrogens with one attached hydrogen (secondary N) is 1. The minimum absolute atomic E-state index is 0.00499. The van der Waals surface area contributed by atoms with Crippen molar-refractivity contribution in [1.82, 2.24) is 10.2 Å². The number of amides is 2. The molecule has 0 radical (unpaired) electrons. The smallest absolute Gasteiger partial charge is 0.251 e. The van der Waals surface area contributed by atoms with Crippen molar-refractivity contribution in [2.45, 2.75) is 43.6 Å². The van der Waals surface area contributed by atoms with Gasteiger partial charge in [0.05, 0.1) is 5.75 Å². The molecule has 2 aromatic rings. The number of nitrogens with zero attached hydrogens (tertiary/aromatic N) is 1. The molecule has 2 amide bonds. The molecule has 2 aromatic carbocycles. The predicted molar refractivity (Wildman–Crippen MR) is 115 cm³/mol. The third-order valence-corrected chi connectivity index (χ3v) is 7.93. The first-order valence-corrected chi connectivity index (χ1v) is 11.6. The summed E-state index contributed by atoms with van der Waals surface area (Å²) >= 11 is 1.66. The zero-order valence-electron chi connectivity index (χ0n) is 16.4. The van der Waals surface area contributed by atoms with E-state index in [-0.39, 0.29) is 17.2 Å². The Morgan fingerprint density at radius 3 is 2.52 bits per heavy atom. The average Bonchev–Trinajstić information content (AvgIpc) is 3.46. The van der Waals surface area contributed by atoms with Gasteiger partial charge in [0.2, 0.25) is 5.91 Å². The van der Waals surface area contributed by atoms with Crippen LogP contribution < -0.4 is 5.32 Å². The molecule has 2 saturated carbocycles. The second-order valence-corrected chi connectivity index (χ2v) is 9.62. The summed E-state index contributed by atoms with van der Waals surface area (Å²) in [7, 11) is 0. The summed E-state index contributed by atoms with van der Waals surface area (Å²) in [6.45, 7) is 0.615. The topological polar surface area (TPSA) is 49.4 Å². The Bertz CT molecular complexity index is 899. The first kappa shape index (κ1) is 18.7. The minimum Gasteiger partial charge on any atom is -0.349 e. The van der Waals surface area contributed by atoms with Crippen LogP contribution in [0, 0.1) is 11.8 Å². The Morgan fingerprint density at radius 1 is 1.03 bits per heavy atom. The molecule has 1 saturated heterocycles. The van der Waals surface area contributed by atoms with Crippen LogP contribution in [-0.4, -0.2) is 28.5 Å². The average molecular weight is 407 g/mol. The fourth-order valence-electron chi connectivity index (χ4n) is 5.15. The standard InChI is InChI=1S/C24H26N2O2S/c27-22-15-29-24(26(22)14-16-4-2-1-3-5-16)19-10-8-18(9-11-19)23(28)25-21-13-17-6-7-20(21)12-17/h1-5,8-11,17,20-21,24H,6-7,12-15H2,(H,25,28)/t17-,20-,21+,24-/m1/s1. The fourth-order valence-corrected chi connectivity index (χ4v) is 6.34. The van der Waals surface area contributed by atoms with Crippen molar-refractivity contribution in [2.75, 3.05) is 5.75 Å². The molecule has 5 heteroatoms. The highest BCUT2D eigenvalue weighted by Crippen LogP contribution is 2.44. The maximum Gasteiger partial charge on any atom is 0.251 e. The number of hydrogen-bond donors (Lipinski definition) is 1. The zero-order valence-corrected chi connectivity index (χ0v) is 17.2. The molecule has 0 aromatic heterocycles. The molecule has 0 unspecified atom stereocenters. The molecule has 1 N–H and O–H groups in total. The van der Waals surface area contributed by atoms with Crippen LogP contribution >= 0.6 is 11.8 Å². The molecule has 2 aliphatic carbocycles. The minimum atomic E-state index is 0.00499.